The average Bonchev–Trinajstić information content (AvgIpc) is 1.97. The molecule has 64 valence electrons. The zero-order chi connectivity index (χ0) is 9.14. The Morgan fingerprint density at radius 2 is 2.17 bits per heavy atom. The summed E-state index contributed by atoms with van der Waals surface area (Å²) >= 11 is 0. The molecule has 0 radical (unpaired) electrons. The molecule has 0 aromatic carbocycles. The Balaban J connectivity index is 2.96. The van der Waals surface area contributed by atoms with Crippen LogP contribution in [0.25, 0.3) is 0 Å². The van der Waals surface area contributed by atoms with Crippen molar-refractivity contribution in [3.8, 4) is 0 Å². The number of nitrogens with two attached hydrogens (primary N) is 1. The lowest BCUT2D eigenvalue weighted by Gasteiger charge is -2.05. The molecule has 0 spiro atoms. The van der Waals surface area contributed by atoms with Crippen molar-refractivity contribution in [3.63, 3.8) is 0 Å². The zero-order valence-electron chi connectivity index (χ0n) is 6.73. The van der Waals surface area contributed by atoms with Crippen LogP contribution in [0.2, 0.25) is 0 Å². The number of nitrogen functional groups attached to an aromatic ring is 1. The van der Waals surface area contributed by atoms with Gasteiger partial charge >= 0.3 is 7.12 Å². The molecule has 1 aromatic heterocycles. The van der Waals surface area contributed by atoms with E-state index < -0.39 is 7.12 Å². The van der Waals surface area contributed by atoms with E-state index in [9.17, 15) is 0 Å². The fraction of sp³-hybridized carbons (Fsp3) is 0.333. The van der Waals surface area contributed by atoms with Crippen LogP contribution < -0.4 is 5.73 Å². The first-order valence-corrected chi connectivity index (χ1v) is 3.53. The molecule has 0 unspecified atom stereocenters. The number of aromatic nitrogens is 2. The highest BCUT2D eigenvalue weighted by Crippen LogP contribution is 2.11. The maximum absolute atomic E-state index is 8.70. The van der Waals surface area contributed by atoms with Crippen LogP contribution >= 0.6 is 0 Å². The Bertz CT molecular complexity index is 259. The molecule has 0 amide bonds. The Kier molecular flexibility index (Phi) is 2.62. The van der Waals surface area contributed by atoms with E-state index in [1.165, 1.54) is 6.33 Å². The van der Waals surface area contributed by atoms with Gasteiger partial charge in [-0.25, -0.2) is 9.97 Å². The van der Waals surface area contributed by atoms with Crippen LogP contribution in [0.3, 0.4) is 0 Å². The predicted molar refractivity (Wildman–Crippen MR) is 45.1 cm³/mol. The van der Waals surface area contributed by atoms with Gasteiger partial charge in [0.25, 0.3) is 0 Å². The largest absolute Gasteiger partial charge is 0.456 e. The van der Waals surface area contributed by atoms with Gasteiger partial charge in [0.1, 0.15) is 12.1 Å². The molecular formula is C6H10BN3O2. The van der Waals surface area contributed by atoms with Gasteiger partial charge in [0.05, 0.1) is 0 Å². The number of rotatable bonds is 2. The van der Waals surface area contributed by atoms with Gasteiger partial charge in [-0.3, -0.25) is 0 Å². The van der Waals surface area contributed by atoms with Crippen LogP contribution in [-0.4, -0.2) is 27.1 Å². The van der Waals surface area contributed by atoms with Crippen LogP contribution in [-0.2, 0) is 6.32 Å². The SMILES string of the molecule is Cc1ncnc(N)c1CB(O)O. The van der Waals surface area contributed by atoms with Crippen molar-refractivity contribution in [1.29, 1.82) is 0 Å². The summed E-state index contributed by atoms with van der Waals surface area (Å²) in [7, 11) is -1.41. The van der Waals surface area contributed by atoms with Crippen molar-refractivity contribution in [2.24, 2.45) is 0 Å². The average molecular weight is 167 g/mol. The second kappa shape index (κ2) is 3.51. The van der Waals surface area contributed by atoms with E-state index in [1.807, 2.05) is 0 Å². The van der Waals surface area contributed by atoms with Crippen LogP contribution in [0.4, 0.5) is 5.82 Å². The molecule has 0 bridgehead atoms. The molecule has 0 saturated heterocycles. The van der Waals surface area contributed by atoms with Crippen LogP contribution in [0.1, 0.15) is 11.3 Å². The first-order valence-electron chi connectivity index (χ1n) is 3.53. The third-order valence-electron chi connectivity index (χ3n) is 1.58. The number of nitrogens with zero attached hydrogens (tertiary/aromatic N) is 2. The lowest BCUT2D eigenvalue weighted by atomic mass is 9.81. The Hall–Kier alpha value is -1.14. The third kappa shape index (κ3) is 1.93. The summed E-state index contributed by atoms with van der Waals surface area (Å²) < 4.78 is 0. The maximum Gasteiger partial charge on any atom is 0.456 e. The lowest BCUT2D eigenvalue weighted by molar-refractivity contribution is 0.405. The topological polar surface area (TPSA) is 92.3 Å². The number of hydrogen-bond acceptors (Lipinski definition) is 5. The van der Waals surface area contributed by atoms with Crippen molar-refractivity contribution in [2.75, 3.05) is 5.73 Å². The third-order valence-corrected chi connectivity index (χ3v) is 1.58. The minimum Gasteiger partial charge on any atom is -0.427 e. The van der Waals surface area contributed by atoms with Gasteiger partial charge in [-0.1, -0.05) is 0 Å². The quantitative estimate of drug-likeness (QED) is 0.487. The van der Waals surface area contributed by atoms with E-state index in [0.29, 0.717) is 17.1 Å². The maximum atomic E-state index is 8.70. The fourth-order valence-corrected chi connectivity index (χ4v) is 0.954. The van der Waals surface area contributed by atoms with Crippen LogP contribution in [0, 0.1) is 6.92 Å². The van der Waals surface area contributed by atoms with E-state index in [0.717, 1.165) is 0 Å². The molecule has 0 aliphatic carbocycles. The number of hydrogen-bond donors (Lipinski definition) is 3. The lowest BCUT2D eigenvalue weighted by Crippen LogP contribution is -2.18. The van der Waals surface area contributed by atoms with Gasteiger partial charge in [0.2, 0.25) is 0 Å². The van der Waals surface area contributed by atoms with Crippen LogP contribution in [0.5, 0.6) is 0 Å². The van der Waals surface area contributed by atoms with E-state index >= 15 is 0 Å². The minimum atomic E-state index is -1.41. The van der Waals surface area contributed by atoms with Gasteiger partial charge in [-0.05, 0) is 6.92 Å². The second-order valence-electron chi connectivity index (χ2n) is 2.51. The van der Waals surface area contributed by atoms with Crippen molar-refractivity contribution in [1.82, 2.24) is 9.97 Å². The molecule has 0 saturated carbocycles. The minimum absolute atomic E-state index is 0.0680. The number of anilines is 1. The first kappa shape index (κ1) is 8.96. The molecule has 1 aromatic rings. The summed E-state index contributed by atoms with van der Waals surface area (Å²) in [4.78, 5) is 7.62. The summed E-state index contributed by atoms with van der Waals surface area (Å²) in [6.45, 7) is 1.75. The molecule has 5 nitrogen and oxygen atoms in total. The van der Waals surface area contributed by atoms with E-state index in [1.54, 1.807) is 6.92 Å². The highest BCUT2D eigenvalue weighted by Gasteiger charge is 2.13. The monoisotopic (exact) mass is 167 g/mol. The molecule has 0 aliphatic heterocycles. The summed E-state index contributed by atoms with van der Waals surface area (Å²) in [5, 5.41) is 17.4. The van der Waals surface area contributed by atoms with Crippen molar-refractivity contribution in [2.45, 2.75) is 13.2 Å². The molecule has 1 rings (SSSR count). The summed E-state index contributed by atoms with van der Waals surface area (Å²) in [5.74, 6) is 0.301. The molecule has 0 fully saturated rings. The number of aryl methyl sites for hydroxylation is 1. The smallest absolute Gasteiger partial charge is 0.427 e. The van der Waals surface area contributed by atoms with Crippen LogP contribution in [0.15, 0.2) is 6.33 Å². The molecule has 0 aliphatic rings. The molecule has 6 heteroatoms. The summed E-state index contributed by atoms with van der Waals surface area (Å²) in [6, 6.07) is 0. The Morgan fingerprint density at radius 1 is 1.50 bits per heavy atom. The van der Waals surface area contributed by atoms with Gasteiger partial charge < -0.3 is 15.8 Å². The van der Waals surface area contributed by atoms with Gasteiger partial charge in [0.15, 0.2) is 0 Å². The van der Waals surface area contributed by atoms with Gasteiger partial charge in [-0.15, -0.1) is 0 Å². The van der Waals surface area contributed by atoms with Crippen molar-refractivity contribution >= 4 is 12.9 Å². The molecule has 0 atom stereocenters. The predicted octanol–water partition coefficient (Wildman–Crippen LogP) is -1.08. The molecule has 1 heterocycles. The zero-order valence-corrected chi connectivity index (χ0v) is 6.73. The summed E-state index contributed by atoms with van der Waals surface area (Å²) in [5.41, 5.74) is 6.76. The highest BCUT2D eigenvalue weighted by atomic mass is 16.4. The van der Waals surface area contributed by atoms with E-state index in [4.69, 9.17) is 15.8 Å². The van der Waals surface area contributed by atoms with Gasteiger partial charge in [0, 0.05) is 17.6 Å². The normalized spacial score (nSPS) is 9.92. The standard InChI is InChI=1S/C6H10BN3O2/c1-4-5(2-7(11)12)6(8)10-3-9-4/h3,11-12H,2H2,1H3,(H2,8,9,10). The van der Waals surface area contributed by atoms with E-state index in [-0.39, 0.29) is 6.32 Å². The van der Waals surface area contributed by atoms with Gasteiger partial charge in [-0.2, -0.15) is 0 Å². The highest BCUT2D eigenvalue weighted by molar-refractivity contribution is 6.40. The Morgan fingerprint density at radius 3 is 2.67 bits per heavy atom. The Labute approximate surface area is 70.4 Å². The summed E-state index contributed by atoms with van der Waals surface area (Å²) in [6.07, 6.45) is 1.41. The van der Waals surface area contributed by atoms with Crippen molar-refractivity contribution in [3.05, 3.63) is 17.6 Å². The molecular weight excluding hydrogens is 157 g/mol. The van der Waals surface area contributed by atoms with E-state index in [2.05, 4.69) is 9.97 Å². The first-order chi connectivity index (χ1) is 5.61. The molecule has 4 N–H and O–H groups in total. The molecule has 12 heavy (non-hydrogen) atoms. The van der Waals surface area contributed by atoms with Crippen molar-refractivity contribution < 1.29 is 10.0 Å². The second-order valence-corrected chi connectivity index (χ2v) is 2.51. The fourth-order valence-electron chi connectivity index (χ4n) is 0.954.